The maximum Gasteiger partial charge on any atom is 0.417 e. The topological polar surface area (TPSA) is 50.1 Å². The van der Waals surface area contributed by atoms with E-state index in [4.69, 9.17) is 23.2 Å². The molecule has 0 unspecified atom stereocenters. The van der Waals surface area contributed by atoms with Gasteiger partial charge in [0.25, 0.3) is 0 Å². The minimum absolute atomic E-state index is 0.000510. The molecule has 1 aliphatic heterocycles. The first kappa shape index (κ1) is 26.8. The summed E-state index contributed by atoms with van der Waals surface area (Å²) in [5.74, 6) is 1.91. The molecule has 1 saturated heterocycles. The number of anilines is 1. The number of hydrogen-bond acceptors (Lipinski definition) is 6. The van der Waals surface area contributed by atoms with Crippen LogP contribution >= 0.6 is 35.0 Å². The number of rotatable bonds is 7. The molecular formula is C26H23Cl2F3N6S. The molecule has 0 amide bonds. The van der Waals surface area contributed by atoms with Crippen molar-refractivity contribution in [3.05, 3.63) is 93.9 Å². The molecule has 2 aromatic heterocycles. The molecule has 2 aromatic carbocycles. The molecule has 1 fully saturated rings. The Kier molecular flexibility index (Phi) is 8.13. The second kappa shape index (κ2) is 11.5. The Labute approximate surface area is 232 Å². The second-order valence-electron chi connectivity index (χ2n) is 8.78. The Morgan fingerprint density at radius 2 is 1.61 bits per heavy atom. The lowest BCUT2D eigenvalue weighted by atomic mass is 10.2. The fourth-order valence-corrected chi connectivity index (χ4v) is 5.54. The van der Waals surface area contributed by atoms with E-state index in [1.165, 1.54) is 0 Å². The highest BCUT2D eigenvalue weighted by Crippen LogP contribution is 2.34. The number of hydrogen-bond donors (Lipinski definition) is 0. The van der Waals surface area contributed by atoms with E-state index in [1.807, 2.05) is 59.5 Å². The van der Waals surface area contributed by atoms with Crippen LogP contribution in [-0.2, 0) is 18.5 Å². The number of halogens is 5. The molecule has 5 rings (SSSR count). The predicted octanol–water partition coefficient (Wildman–Crippen LogP) is 6.60. The predicted molar refractivity (Wildman–Crippen MR) is 144 cm³/mol. The van der Waals surface area contributed by atoms with Gasteiger partial charge in [0.15, 0.2) is 11.0 Å². The van der Waals surface area contributed by atoms with Crippen molar-refractivity contribution in [2.24, 2.45) is 0 Å². The van der Waals surface area contributed by atoms with E-state index in [0.717, 1.165) is 40.2 Å². The van der Waals surface area contributed by atoms with Crippen LogP contribution in [0.3, 0.4) is 0 Å². The van der Waals surface area contributed by atoms with Crippen LogP contribution in [0.5, 0.6) is 0 Å². The smallest absolute Gasteiger partial charge is 0.353 e. The molecule has 0 atom stereocenters. The first-order valence-electron chi connectivity index (χ1n) is 11.8. The molecule has 0 saturated carbocycles. The highest BCUT2D eigenvalue weighted by molar-refractivity contribution is 7.98. The highest BCUT2D eigenvalue weighted by atomic mass is 35.5. The number of nitrogens with zero attached hydrogens (tertiary/aromatic N) is 6. The Morgan fingerprint density at radius 1 is 0.895 bits per heavy atom. The van der Waals surface area contributed by atoms with Gasteiger partial charge in [-0.15, -0.1) is 10.2 Å². The number of pyridine rings is 1. The van der Waals surface area contributed by atoms with Crippen molar-refractivity contribution in [2.75, 3.05) is 31.1 Å². The fraction of sp³-hybridized carbons (Fsp3) is 0.269. The minimum Gasteiger partial charge on any atom is -0.353 e. The van der Waals surface area contributed by atoms with E-state index in [2.05, 4.69) is 24.6 Å². The summed E-state index contributed by atoms with van der Waals surface area (Å²) in [6, 6.07) is 18.6. The average molecular weight is 579 g/mol. The molecule has 6 nitrogen and oxygen atoms in total. The Hall–Kier alpha value is -2.79. The number of piperazine rings is 1. The van der Waals surface area contributed by atoms with Crippen molar-refractivity contribution in [1.82, 2.24) is 24.6 Å². The molecule has 0 N–H and O–H groups in total. The molecule has 3 heterocycles. The zero-order chi connectivity index (χ0) is 26.7. The zero-order valence-corrected chi connectivity index (χ0v) is 22.4. The van der Waals surface area contributed by atoms with Gasteiger partial charge < -0.3 is 4.90 Å². The van der Waals surface area contributed by atoms with Crippen molar-refractivity contribution >= 4 is 40.8 Å². The summed E-state index contributed by atoms with van der Waals surface area (Å²) in [5.41, 5.74) is 1.26. The van der Waals surface area contributed by atoms with E-state index in [-0.39, 0.29) is 5.02 Å². The molecule has 1 aliphatic rings. The monoisotopic (exact) mass is 578 g/mol. The summed E-state index contributed by atoms with van der Waals surface area (Å²) in [7, 11) is 0. The number of benzene rings is 2. The molecule has 0 radical (unpaired) electrons. The van der Waals surface area contributed by atoms with Crippen LogP contribution in [0.25, 0.3) is 5.69 Å². The first-order chi connectivity index (χ1) is 18.3. The summed E-state index contributed by atoms with van der Waals surface area (Å²) < 4.78 is 41.0. The third kappa shape index (κ3) is 6.26. The number of aromatic nitrogens is 4. The Balaban J connectivity index is 1.28. The third-order valence-electron chi connectivity index (χ3n) is 6.18. The van der Waals surface area contributed by atoms with Crippen molar-refractivity contribution in [1.29, 1.82) is 0 Å². The van der Waals surface area contributed by atoms with Crippen LogP contribution in [0.15, 0.2) is 72.0 Å². The van der Waals surface area contributed by atoms with Crippen LogP contribution in [0.1, 0.15) is 17.0 Å². The van der Waals surface area contributed by atoms with Gasteiger partial charge in [0.2, 0.25) is 0 Å². The lowest BCUT2D eigenvalue weighted by molar-refractivity contribution is -0.137. The minimum atomic E-state index is -4.48. The largest absolute Gasteiger partial charge is 0.417 e. The Morgan fingerprint density at radius 3 is 2.26 bits per heavy atom. The summed E-state index contributed by atoms with van der Waals surface area (Å²) in [6.45, 7) is 3.08. The van der Waals surface area contributed by atoms with Gasteiger partial charge in [-0.25, -0.2) is 4.98 Å². The fourth-order valence-electron chi connectivity index (χ4n) is 4.20. The number of alkyl halides is 3. The zero-order valence-electron chi connectivity index (χ0n) is 20.1. The number of para-hydroxylation sites is 1. The highest BCUT2D eigenvalue weighted by Gasteiger charge is 2.32. The molecule has 4 aromatic rings. The summed E-state index contributed by atoms with van der Waals surface area (Å²) in [5, 5.41) is 10.5. The summed E-state index contributed by atoms with van der Waals surface area (Å²) in [6.07, 6.45) is -3.65. The average Bonchev–Trinajstić information content (AvgIpc) is 3.31. The van der Waals surface area contributed by atoms with E-state index in [0.29, 0.717) is 43.6 Å². The molecular weight excluding hydrogens is 556 g/mol. The van der Waals surface area contributed by atoms with Crippen LogP contribution in [0.4, 0.5) is 19.0 Å². The normalized spacial score (nSPS) is 14.7. The summed E-state index contributed by atoms with van der Waals surface area (Å²) >= 11 is 13.8. The van der Waals surface area contributed by atoms with Crippen LogP contribution in [0, 0.1) is 0 Å². The maximum absolute atomic E-state index is 13.0. The molecule has 12 heteroatoms. The quantitative estimate of drug-likeness (QED) is 0.230. The molecule has 0 bridgehead atoms. The van der Waals surface area contributed by atoms with Crippen LogP contribution < -0.4 is 4.90 Å². The van der Waals surface area contributed by atoms with Gasteiger partial charge >= 0.3 is 6.18 Å². The van der Waals surface area contributed by atoms with Gasteiger partial charge in [0, 0.05) is 48.8 Å². The maximum atomic E-state index is 13.0. The third-order valence-corrected chi connectivity index (χ3v) is 7.71. The second-order valence-corrected chi connectivity index (χ2v) is 10.6. The van der Waals surface area contributed by atoms with Crippen LogP contribution in [-0.4, -0.2) is 50.8 Å². The van der Waals surface area contributed by atoms with Gasteiger partial charge in [-0.1, -0.05) is 65.3 Å². The van der Waals surface area contributed by atoms with Crippen LogP contribution in [0.2, 0.25) is 10.0 Å². The Bertz CT molecular complexity index is 1370. The van der Waals surface area contributed by atoms with Crippen molar-refractivity contribution in [2.45, 2.75) is 23.6 Å². The molecule has 38 heavy (non-hydrogen) atoms. The van der Waals surface area contributed by atoms with Gasteiger partial charge in [0.1, 0.15) is 5.82 Å². The van der Waals surface area contributed by atoms with Crippen molar-refractivity contribution < 1.29 is 13.2 Å². The van der Waals surface area contributed by atoms with Gasteiger partial charge in [-0.05, 0) is 35.9 Å². The first-order valence-corrected chi connectivity index (χ1v) is 13.6. The molecule has 198 valence electrons. The van der Waals surface area contributed by atoms with Gasteiger partial charge in [-0.3, -0.25) is 9.47 Å². The van der Waals surface area contributed by atoms with E-state index >= 15 is 0 Å². The van der Waals surface area contributed by atoms with E-state index < -0.39 is 11.7 Å². The molecule has 0 aliphatic carbocycles. The van der Waals surface area contributed by atoms with Crippen molar-refractivity contribution in [3.8, 4) is 5.69 Å². The van der Waals surface area contributed by atoms with Gasteiger partial charge in [0.05, 0.1) is 17.1 Å². The van der Waals surface area contributed by atoms with Gasteiger partial charge in [-0.2, -0.15) is 13.2 Å². The summed E-state index contributed by atoms with van der Waals surface area (Å²) in [4.78, 5) is 8.16. The van der Waals surface area contributed by atoms with E-state index in [9.17, 15) is 13.2 Å². The number of thioether (sulfide) groups is 1. The lowest BCUT2D eigenvalue weighted by Gasteiger charge is -2.35. The lowest BCUT2D eigenvalue weighted by Crippen LogP contribution is -2.46. The SMILES string of the molecule is FC(F)(F)c1cnc(N2CCN(Cc3nnc(SCc4ccc(Cl)cc4)n3-c3ccccc3)CC2)c(Cl)c1. The van der Waals surface area contributed by atoms with Crippen molar-refractivity contribution in [3.63, 3.8) is 0 Å². The van der Waals surface area contributed by atoms with E-state index in [1.54, 1.807) is 11.8 Å². The standard InChI is InChI=1S/C26H23Cl2F3N6S/c27-20-8-6-18(7-9-20)17-38-25-34-33-23(37(25)21-4-2-1-3-5-21)16-35-10-12-36(13-11-35)24-22(28)14-19(15-32-24)26(29,30)31/h1-9,14-15H,10-13,16-17H2. The molecule has 0 spiro atoms.